The molecule has 1 aliphatic rings. The predicted molar refractivity (Wildman–Crippen MR) is 98.8 cm³/mol. The van der Waals surface area contributed by atoms with E-state index in [1.165, 1.54) is 0 Å². The maximum Gasteiger partial charge on any atom is 0.272 e. The van der Waals surface area contributed by atoms with E-state index in [1.54, 1.807) is 12.4 Å². The zero-order valence-corrected chi connectivity index (χ0v) is 14.7. The summed E-state index contributed by atoms with van der Waals surface area (Å²) >= 11 is 6.54. The van der Waals surface area contributed by atoms with Crippen molar-refractivity contribution in [3.8, 4) is 0 Å². The van der Waals surface area contributed by atoms with Gasteiger partial charge in [-0.25, -0.2) is 0 Å². The molecule has 1 N–H and O–H groups in total. The van der Waals surface area contributed by atoms with Crippen LogP contribution >= 0.6 is 11.6 Å². The van der Waals surface area contributed by atoms with Crippen molar-refractivity contribution in [2.45, 2.75) is 6.04 Å². The molecule has 2 aromatic heterocycles. The van der Waals surface area contributed by atoms with Crippen molar-refractivity contribution in [3.05, 3.63) is 65.1 Å². The van der Waals surface area contributed by atoms with Crippen LogP contribution in [0.1, 0.15) is 22.1 Å². The molecule has 0 radical (unpaired) electrons. The maximum atomic E-state index is 13.2. The number of amides is 1. The molecule has 1 aliphatic heterocycles. The fourth-order valence-electron chi connectivity index (χ4n) is 3.49. The molecular weight excluding hydrogens is 336 g/mol. The highest BCUT2D eigenvalue weighted by Gasteiger charge is 2.29. The number of fused-ring (bicyclic) bond motifs is 1. The first-order valence-corrected chi connectivity index (χ1v) is 8.70. The molecule has 6 heteroatoms. The van der Waals surface area contributed by atoms with Gasteiger partial charge in [0.25, 0.3) is 5.91 Å². The lowest BCUT2D eigenvalue weighted by molar-refractivity contribution is 0.0694. The van der Waals surface area contributed by atoms with Gasteiger partial charge in [-0.2, -0.15) is 0 Å². The lowest BCUT2D eigenvalue weighted by Crippen LogP contribution is -2.48. The first-order valence-electron chi connectivity index (χ1n) is 8.32. The largest absolute Gasteiger partial charge is 0.338 e. The monoisotopic (exact) mass is 354 g/mol. The Morgan fingerprint density at radius 3 is 2.76 bits per heavy atom. The molecule has 1 atom stereocenters. The Morgan fingerprint density at radius 1 is 1.24 bits per heavy atom. The number of para-hydroxylation sites is 1. The van der Waals surface area contributed by atoms with E-state index in [0.717, 1.165) is 23.0 Å². The second kappa shape index (κ2) is 6.50. The highest BCUT2D eigenvalue weighted by atomic mass is 35.5. The van der Waals surface area contributed by atoms with Crippen LogP contribution in [0.15, 0.2) is 48.8 Å². The molecule has 3 heterocycles. The van der Waals surface area contributed by atoms with Gasteiger partial charge in [0.2, 0.25) is 0 Å². The Morgan fingerprint density at radius 2 is 2.00 bits per heavy atom. The number of halogens is 1. The molecule has 1 amide bonds. The molecule has 5 nitrogen and oxygen atoms in total. The first-order chi connectivity index (χ1) is 12.2. The molecule has 1 unspecified atom stereocenters. The number of benzene rings is 1. The Labute approximate surface area is 151 Å². The highest BCUT2D eigenvalue weighted by molar-refractivity contribution is 6.38. The van der Waals surface area contributed by atoms with Gasteiger partial charge in [-0.15, -0.1) is 0 Å². The van der Waals surface area contributed by atoms with Crippen molar-refractivity contribution in [2.75, 3.05) is 19.6 Å². The number of aryl methyl sites for hydroxylation is 1. The number of pyridine rings is 1. The lowest BCUT2D eigenvalue weighted by atomic mass is 10.1. The number of hydrogen-bond acceptors (Lipinski definition) is 3. The summed E-state index contributed by atoms with van der Waals surface area (Å²) in [5.74, 6) is -0.0238. The quantitative estimate of drug-likeness (QED) is 0.769. The van der Waals surface area contributed by atoms with E-state index in [-0.39, 0.29) is 11.9 Å². The Balaban J connectivity index is 1.65. The minimum absolute atomic E-state index is 0.0238. The molecule has 0 aliphatic carbocycles. The van der Waals surface area contributed by atoms with Gasteiger partial charge in [-0.1, -0.05) is 29.8 Å². The van der Waals surface area contributed by atoms with Crippen molar-refractivity contribution >= 4 is 28.4 Å². The first kappa shape index (κ1) is 16.1. The van der Waals surface area contributed by atoms with E-state index >= 15 is 0 Å². The van der Waals surface area contributed by atoms with Crippen LogP contribution in [0.25, 0.3) is 10.9 Å². The third-order valence-corrected chi connectivity index (χ3v) is 5.20. The zero-order valence-electron chi connectivity index (χ0n) is 13.9. The molecule has 0 bridgehead atoms. The summed E-state index contributed by atoms with van der Waals surface area (Å²) in [7, 11) is 1.89. The van der Waals surface area contributed by atoms with Crippen LogP contribution in [0.2, 0.25) is 5.02 Å². The lowest BCUT2D eigenvalue weighted by Gasteiger charge is -2.34. The molecule has 3 aromatic rings. The van der Waals surface area contributed by atoms with Crippen molar-refractivity contribution in [2.24, 2.45) is 7.05 Å². The van der Waals surface area contributed by atoms with Gasteiger partial charge in [0, 0.05) is 50.0 Å². The molecule has 1 aromatic carbocycles. The summed E-state index contributed by atoms with van der Waals surface area (Å²) < 4.78 is 1.89. The SMILES string of the molecule is Cn1c(C(=O)N2CCNC(c3ccncc3)C2)c(Cl)c2ccccc21. The van der Waals surface area contributed by atoms with Crippen LogP contribution in [0.3, 0.4) is 0 Å². The smallest absolute Gasteiger partial charge is 0.272 e. The summed E-state index contributed by atoms with van der Waals surface area (Å²) in [5, 5.41) is 4.91. The average molecular weight is 355 g/mol. The minimum atomic E-state index is -0.0238. The molecule has 25 heavy (non-hydrogen) atoms. The van der Waals surface area contributed by atoms with E-state index in [1.807, 2.05) is 52.9 Å². The van der Waals surface area contributed by atoms with Crippen LogP contribution in [0, 0.1) is 0 Å². The number of carbonyl (C=O) groups is 1. The number of nitrogens with one attached hydrogen (secondary N) is 1. The number of aromatic nitrogens is 2. The van der Waals surface area contributed by atoms with E-state index in [2.05, 4.69) is 10.3 Å². The van der Waals surface area contributed by atoms with Crippen LogP contribution < -0.4 is 5.32 Å². The summed E-state index contributed by atoms with van der Waals surface area (Å²) in [6.07, 6.45) is 3.55. The van der Waals surface area contributed by atoms with E-state index in [9.17, 15) is 4.79 Å². The molecular formula is C19H19ClN4O. The zero-order chi connectivity index (χ0) is 17.4. The van der Waals surface area contributed by atoms with E-state index < -0.39 is 0 Å². The van der Waals surface area contributed by atoms with Crippen LogP contribution in [0.5, 0.6) is 0 Å². The van der Waals surface area contributed by atoms with Gasteiger partial charge in [-0.05, 0) is 23.8 Å². The van der Waals surface area contributed by atoms with E-state index in [4.69, 9.17) is 11.6 Å². The molecule has 0 spiro atoms. The van der Waals surface area contributed by atoms with Crippen molar-refractivity contribution in [1.82, 2.24) is 19.8 Å². The summed E-state index contributed by atoms with van der Waals surface area (Å²) in [6, 6.07) is 11.9. The van der Waals surface area contributed by atoms with Gasteiger partial charge in [0.1, 0.15) is 5.69 Å². The fraction of sp³-hybridized carbons (Fsp3) is 0.263. The molecule has 128 valence electrons. The number of hydrogen-bond donors (Lipinski definition) is 1. The van der Waals surface area contributed by atoms with Crippen molar-refractivity contribution in [1.29, 1.82) is 0 Å². The summed E-state index contributed by atoms with van der Waals surface area (Å²) in [5.41, 5.74) is 2.66. The molecule has 1 saturated heterocycles. The van der Waals surface area contributed by atoms with Crippen molar-refractivity contribution in [3.63, 3.8) is 0 Å². The molecule has 0 saturated carbocycles. The highest BCUT2D eigenvalue weighted by Crippen LogP contribution is 2.31. The summed E-state index contributed by atoms with van der Waals surface area (Å²) in [4.78, 5) is 19.1. The third-order valence-electron chi connectivity index (χ3n) is 4.82. The standard InChI is InChI=1S/C19H19ClN4O/c1-23-16-5-3-2-4-14(16)17(20)18(23)19(25)24-11-10-22-15(12-24)13-6-8-21-9-7-13/h2-9,15,22H,10-12H2,1H3. The van der Waals surface area contributed by atoms with Crippen LogP contribution in [-0.4, -0.2) is 40.0 Å². The second-order valence-corrected chi connectivity index (χ2v) is 6.66. The number of piperazine rings is 1. The number of nitrogens with zero attached hydrogens (tertiary/aromatic N) is 3. The van der Waals surface area contributed by atoms with E-state index in [0.29, 0.717) is 23.8 Å². The van der Waals surface area contributed by atoms with Gasteiger partial charge in [-0.3, -0.25) is 9.78 Å². The summed E-state index contributed by atoms with van der Waals surface area (Å²) in [6.45, 7) is 2.03. The normalized spacial score (nSPS) is 17.8. The maximum absolute atomic E-state index is 13.2. The molecule has 4 rings (SSSR count). The van der Waals surface area contributed by atoms with Crippen molar-refractivity contribution < 1.29 is 4.79 Å². The topological polar surface area (TPSA) is 50.2 Å². The average Bonchev–Trinajstić information content (AvgIpc) is 2.93. The van der Waals surface area contributed by atoms with Gasteiger partial charge < -0.3 is 14.8 Å². The Kier molecular flexibility index (Phi) is 4.19. The fourth-order valence-corrected chi connectivity index (χ4v) is 3.85. The van der Waals surface area contributed by atoms with Gasteiger partial charge in [0.05, 0.1) is 11.1 Å². The molecule has 1 fully saturated rings. The van der Waals surface area contributed by atoms with Gasteiger partial charge in [0.15, 0.2) is 0 Å². The number of rotatable bonds is 2. The predicted octanol–water partition coefficient (Wildman–Crippen LogP) is 3.01. The van der Waals surface area contributed by atoms with Crippen LogP contribution in [-0.2, 0) is 7.05 Å². The van der Waals surface area contributed by atoms with Gasteiger partial charge >= 0.3 is 0 Å². The Hall–Kier alpha value is -2.37. The Bertz CT molecular complexity index is 883. The number of carbonyl (C=O) groups excluding carboxylic acids is 1. The second-order valence-electron chi connectivity index (χ2n) is 6.28. The minimum Gasteiger partial charge on any atom is -0.338 e. The van der Waals surface area contributed by atoms with Crippen LogP contribution in [0.4, 0.5) is 0 Å². The third kappa shape index (κ3) is 2.79.